The quantitative estimate of drug-likeness (QED) is 0.452. The molecule has 2 heteroatoms. The lowest BCUT2D eigenvalue weighted by molar-refractivity contribution is -0.137. The molecule has 0 atom stereocenters. The average molecular weight is 212 g/mol. The maximum atomic E-state index is 9.59. The summed E-state index contributed by atoms with van der Waals surface area (Å²) in [5, 5.41) is 0. The summed E-state index contributed by atoms with van der Waals surface area (Å²) in [6.07, 6.45) is 3.99. The van der Waals surface area contributed by atoms with E-state index in [4.69, 9.17) is 0 Å². The topological polar surface area (TPSA) is 26.3 Å². The lowest BCUT2D eigenvalue weighted by Gasteiger charge is -2.30. The number of hydrogen-bond acceptors (Lipinski definition) is 2. The maximum absolute atomic E-state index is 9.59. The molecule has 1 aliphatic rings. The van der Waals surface area contributed by atoms with E-state index in [0.717, 1.165) is 0 Å². The van der Waals surface area contributed by atoms with Gasteiger partial charge in [0.05, 0.1) is 7.11 Å². The largest absolute Gasteiger partial charge is 0.469 e. The molecule has 0 bridgehead atoms. The minimum absolute atomic E-state index is 0.245. The van der Waals surface area contributed by atoms with Gasteiger partial charge in [0.2, 0.25) is 0 Å². The van der Waals surface area contributed by atoms with E-state index in [9.17, 15) is 4.79 Å². The van der Waals surface area contributed by atoms with Crippen molar-refractivity contribution in [1.82, 2.24) is 0 Å². The highest BCUT2D eigenvalue weighted by molar-refractivity contribution is 5.65. The van der Waals surface area contributed by atoms with Gasteiger partial charge in [-0.3, -0.25) is 4.79 Å². The molecule has 1 rings (SSSR count). The second-order valence-electron chi connectivity index (χ2n) is 5.10. The third kappa shape index (κ3) is 6.32. The molecular weight excluding hydrogens is 188 g/mol. The van der Waals surface area contributed by atoms with E-state index < -0.39 is 0 Å². The summed E-state index contributed by atoms with van der Waals surface area (Å²) < 4.78 is 4.11. The van der Waals surface area contributed by atoms with Crippen LogP contribution < -0.4 is 0 Å². The molecule has 15 heavy (non-hydrogen) atoms. The molecule has 2 nitrogen and oxygen atoms in total. The van der Waals surface area contributed by atoms with Gasteiger partial charge in [-0.15, -0.1) is 0 Å². The highest BCUT2D eigenvalue weighted by atomic mass is 16.5. The summed E-state index contributed by atoms with van der Waals surface area (Å²) in [5.41, 5.74) is 3.82. The second-order valence-corrected chi connectivity index (χ2v) is 5.10. The molecule has 0 spiro atoms. The minimum Gasteiger partial charge on any atom is -0.469 e. The zero-order valence-corrected chi connectivity index (χ0v) is 10.9. The van der Waals surface area contributed by atoms with E-state index >= 15 is 0 Å². The number of carbonyl (C=O) groups excluding carboxylic acids is 1. The van der Waals surface area contributed by atoms with Crippen LogP contribution in [0.3, 0.4) is 0 Å². The lowest BCUT2D eigenvalue weighted by Crippen LogP contribution is -2.16. The number of ether oxygens (including phenoxy) is 1. The molecule has 0 aliphatic heterocycles. The molecule has 0 unspecified atom stereocenters. The summed E-state index contributed by atoms with van der Waals surface area (Å²) in [6.45, 7) is 10.6. The van der Waals surface area contributed by atoms with Crippen LogP contribution in [-0.4, -0.2) is 13.1 Å². The second kappa shape index (κ2) is 5.94. The Morgan fingerprint density at radius 2 is 1.73 bits per heavy atom. The van der Waals surface area contributed by atoms with Crippen molar-refractivity contribution in [3.05, 3.63) is 11.1 Å². The first-order valence-electron chi connectivity index (χ1n) is 5.48. The fraction of sp³-hybridized carbons (Fsp3) is 0.769. The summed E-state index contributed by atoms with van der Waals surface area (Å²) in [4.78, 5) is 9.59. The van der Waals surface area contributed by atoms with Crippen molar-refractivity contribution in [1.29, 1.82) is 0 Å². The Hall–Kier alpha value is -0.790. The molecule has 0 fully saturated rings. The van der Waals surface area contributed by atoms with Crippen LogP contribution >= 0.6 is 0 Å². The molecule has 0 aromatic heterocycles. The first-order valence-corrected chi connectivity index (χ1v) is 5.48. The van der Waals surface area contributed by atoms with E-state index in [0.29, 0.717) is 5.41 Å². The Bertz CT molecular complexity index is 249. The van der Waals surface area contributed by atoms with E-state index in [1.807, 2.05) is 0 Å². The molecule has 1 aliphatic carbocycles. The predicted molar refractivity (Wildman–Crippen MR) is 63.7 cm³/mol. The summed E-state index contributed by atoms with van der Waals surface area (Å²) in [6, 6.07) is 0. The molecule has 0 aromatic rings. The van der Waals surface area contributed by atoms with Gasteiger partial charge >= 0.3 is 5.97 Å². The number of esters is 1. The van der Waals surface area contributed by atoms with Crippen LogP contribution in [0.5, 0.6) is 0 Å². The molecule has 0 saturated carbocycles. The number of hydrogen-bond donors (Lipinski definition) is 0. The molecular formula is C13H24O2. The Morgan fingerprint density at radius 3 is 2.00 bits per heavy atom. The van der Waals surface area contributed by atoms with Crippen molar-refractivity contribution in [3.63, 3.8) is 0 Å². The van der Waals surface area contributed by atoms with Gasteiger partial charge in [-0.25, -0.2) is 0 Å². The molecule has 0 aromatic carbocycles. The highest BCUT2D eigenvalue weighted by Crippen LogP contribution is 2.37. The summed E-state index contributed by atoms with van der Waals surface area (Å²) >= 11 is 0. The average Bonchev–Trinajstić information content (AvgIpc) is 2.12. The van der Waals surface area contributed by atoms with E-state index in [1.54, 1.807) is 11.1 Å². The van der Waals surface area contributed by atoms with E-state index in [-0.39, 0.29) is 5.97 Å². The van der Waals surface area contributed by atoms with Gasteiger partial charge in [0.15, 0.2) is 0 Å². The highest BCUT2D eigenvalue weighted by Gasteiger charge is 2.22. The third-order valence-electron chi connectivity index (χ3n) is 2.94. The first-order chi connectivity index (χ1) is 6.78. The summed E-state index contributed by atoms with van der Waals surface area (Å²) in [5.74, 6) is -0.245. The third-order valence-corrected chi connectivity index (χ3v) is 2.94. The number of rotatable bonds is 0. The molecule has 0 N–H and O–H groups in total. The van der Waals surface area contributed by atoms with Gasteiger partial charge in [-0.1, -0.05) is 25.0 Å². The van der Waals surface area contributed by atoms with Crippen LogP contribution in [-0.2, 0) is 9.53 Å². The van der Waals surface area contributed by atoms with Gasteiger partial charge in [-0.2, -0.15) is 0 Å². The smallest absolute Gasteiger partial charge is 0.302 e. The molecule has 0 radical (unpaired) electrons. The Balaban J connectivity index is 0.000000336. The minimum atomic E-state index is -0.245. The van der Waals surface area contributed by atoms with Crippen molar-refractivity contribution < 1.29 is 9.53 Å². The van der Waals surface area contributed by atoms with Gasteiger partial charge in [0, 0.05) is 6.92 Å². The molecule has 88 valence electrons. The van der Waals surface area contributed by atoms with Crippen LogP contribution in [0.1, 0.15) is 53.9 Å². The number of methoxy groups -OCH3 is 1. The Kier molecular flexibility index (Phi) is 5.63. The number of carbonyl (C=O) groups is 1. The van der Waals surface area contributed by atoms with Gasteiger partial charge < -0.3 is 4.74 Å². The van der Waals surface area contributed by atoms with Crippen molar-refractivity contribution in [2.24, 2.45) is 5.41 Å². The van der Waals surface area contributed by atoms with Crippen molar-refractivity contribution in [2.45, 2.75) is 53.9 Å². The van der Waals surface area contributed by atoms with Crippen molar-refractivity contribution in [2.75, 3.05) is 7.11 Å². The van der Waals surface area contributed by atoms with Crippen molar-refractivity contribution >= 4 is 5.97 Å². The zero-order chi connectivity index (χ0) is 12.1. The van der Waals surface area contributed by atoms with Crippen LogP contribution in [0.4, 0.5) is 0 Å². The van der Waals surface area contributed by atoms with Gasteiger partial charge in [0.25, 0.3) is 0 Å². The van der Waals surface area contributed by atoms with Crippen LogP contribution in [0, 0.1) is 5.41 Å². The Labute approximate surface area is 93.7 Å². The molecule has 0 heterocycles. The lowest BCUT2D eigenvalue weighted by atomic mass is 9.75. The van der Waals surface area contributed by atoms with Crippen LogP contribution in [0.25, 0.3) is 0 Å². The standard InChI is InChI=1S/C10H18.C3H6O2/c1-8-5-6-10(3,4)7-9(8)2;1-3(4)5-2/h5-7H2,1-4H3;1-2H3. The maximum Gasteiger partial charge on any atom is 0.302 e. The van der Waals surface area contributed by atoms with E-state index in [1.165, 1.54) is 33.3 Å². The SMILES string of the molecule is CC1=C(C)CC(C)(C)CC1.COC(C)=O. The fourth-order valence-electron chi connectivity index (χ4n) is 1.70. The summed E-state index contributed by atoms with van der Waals surface area (Å²) in [7, 11) is 1.35. The fourth-order valence-corrected chi connectivity index (χ4v) is 1.70. The van der Waals surface area contributed by atoms with Crippen LogP contribution in [0.2, 0.25) is 0 Å². The van der Waals surface area contributed by atoms with Gasteiger partial charge in [0.1, 0.15) is 0 Å². The number of allylic oxidation sites excluding steroid dienone is 2. The molecule has 0 saturated heterocycles. The zero-order valence-electron chi connectivity index (χ0n) is 10.9. The predicted octanol–water partition coefficient (Wildman–Crippen LogP) is 3.71. The first kappa shape index (κ1) is 14.2. The van der Waals surface area contributed by atoms with Crippen molar-refractivity contribution in [3.8, 4) is 0 Å². The molecule has 0 amide bonds. The van der Waals surface area contributed by atoms with Crippen LogP contribution in [0.15, 0.2) is 11.1 Å². The van der Waals surface area contributed by atoms with E-state index in [2.05, 4.69) is 32.4 Å². The van der Waals surface area contributed by atoms with Gasteiger partial charge in [-0.05, 0) is 38.5 Å². The Morgan fingerprint density at radius 1 is 1.27 bits per heavy atom. The normalized spacial score (nSPS) is 19.1. The monoisotopic (exact) mass is 212 g/mol.